The van der Waals surface area contributed by atoms with Crippen molar-refractivity contribution in [3.8, 4) is 0 Å². The summed E-state index contributed by atoms with van der Waals surface area (Å²) in [5, 5.41) is 14.5. The van der Waals surface area contributed by atoms with E-state index in [-0.39, 0.29) is 5.91 Å². The van der Waals surface area contributed by atoms with Crippen LogP contribution in [0.5, 0.6) is 0 Å². The van der Waals surface area contributed by atoms with Crippen molar-refractivity contribution in [3.63, 3.8) is 0 Å². The molecular formula is C15H17ClNO3-. The van der Waals surface area contributed by atoms with E-state index in [4.69, 9.17) is 11.6 Å². The number of carboxylic acids is 1. The van der Waals surface area contributed by atoms with Gasteiger partial charge in [-0.15, -0.1) is 0 Å². The van der Waals surface area contributed by atoms with Crippen LogP contribution in [0.15, 0.2) is 18.2 Å². The number of aliphatic carboxylic acids is 1. The number of halogens is 1. The zero-order valence-electron chi connectivity index (χ0n) is 11.3. The molecule has 1 aliphatic rings. The fourth-order valence-electron chi connectivity index (χ4n) is 2.68. The number of benzene rings is 1. The molecule has 0 bridgehead atoms. The van der Waals surface area contributed by atoms with Crippen LogP contribution in [0, 0.1) is 18.8 Å². The first-order chi connectivity index (χ1) is 9.49. The largest absolute Gasteiger partial charge is 0.550 e. The maximum Gasteiger partial charge on any atom is 0.228 e. The molecule has 2 atom stereocenters. The Morgan fingerprint density at radius 3 is 2.55 bits per heavy atom. The summed E-state index contributed by atoms with van der Waals surface area (Å²) in [6.45, 7) is 1.86. The number of nitrogens with one attached hydrogen (secondary N) is 1. The van der Waals surface area contributed by atoms with Gasteiger partial charge < -0.3 is 15.2 Å². The van der Waals surface area contributed by atoms with E-state index in [1.165, 1.54) is 0 Å². The van der Waals surface area contributed by atoms with Crippen molar-refractivity contribution in [2.75, 3.05) is 5.32 Å². The number of anilines is 1. The van der Waals surface area contributed by atoms with E-state index in [2.05, 4.69) is 5.32 Å². The summed E-state index contributed by atoms with van der Waals surface area (Å²) in [6, 6.07) is 5.23. The predicted octanol–water partition coefficient (Wildman–Crippen LogP) is 2.14. The van der Waals surface area contributed by atoms with Crippen molar-refractivity contribution in [3.05, 3.63) is 28.8 Å². The van der Waals surface area contributed by atoms with E-state index in [0.717, 1.165) is 18.4 Å². The van der Waals surface area contributed by atoms with Gasteiger partial charge in [-0.1, -0.05) is 30.5 Å². The van der Waals surface area contributed by atoms with Gasteiger partial charge in [0, 0.05) is 28.5 Å². The summed E-state index contributed by atoms with van der Waals surface area (Å²) in [6.07, 6.45) is 2.80. The lowest BCUT2D eigenvalue weighted by Crippen LogP contribution is -2.42. The smallest absolute Gasteiger partial charge is 0.228 e. The Balaban J connectivity index is 2.14. The summed E-state index contributed by atoms with van der Waals surface area (Å²) in [4.78, 5) is 23.4. The summed E-state index contributed by atoms with van der Waals surface area (Å²) in [5.41, 5.74) is 1.52. The molecule has 0 spiro atoms. The van der Waals surface area contributed by atoms with E-state index in [0.29, 0.717) is 23.6 Å². The fraction of sp³-hybridized carbons (Fsp3) is 0.467. The fourth-order valence-corrected chi connectivity index (χ4v) is 2.85. The van der Waals surface area contributed by atoms with Gasteiger partial charge in [0.05, 0.1) is 0 Å². The highest BCUT2D eigenvalue weighted by atomic mass is 35.5. The number of rotatable bonds is 3. The van der Waals surface area contributed by atoms with Gasteiger partial charge in [0.15, 0.2) is 0 Å². The zero-order valence-corrected chi connectivity index (χ0v) is 12.1. The quantitative estimate of drug-likeness (QED) is 0.928. The third kappa shape index (κ3) is 3.31. The minimum absolute atomic E-state index is 0.260. The molecule has 1 fully saturated rings. The van der Waals surface area contributed by atoms with Crippen LogP contribution in [-0.2, 0) is 9.59 Å². The molecule has 1 amide bonds. The van der Waals surface area contributed by atoms with E-state index in [1.54, 1.807) is 12.1 Å². The maximum absolute atomic E-state index is 12.3. The Kier molecular flexibility index (Phi) is 4.65. The number of carboxylic acid groups (broad SMARTS) is 1. The Morgan fingerprint density at radius 2 is 1.90 bits per heavy atom. The summed E-state index contributed by atoms with van der Waals surface area (Å²) in [7, 11) is 0. The lowest BCUT2D eigenvalue weighted by molar-refractivity contribution is -0.313. The zero-order chi connectivity index (χ0) is 14.7. The molecule has 1 aliphatic carbocycles. The molecule has 2 rings (SSSR count). The van der Waals surface area contributed by atoms with Gasteiger partial charge in [0.25, 0.3) is 0 Å². The second kappa shape index (κ2) is 6.27. The Bertz CT molecular complexity index is 530. The molecule has 5 heteroatoms. The molecule has 20 heavy (non-hydrogen) atoms. The maximum atomic E-state index is 12.3. The van der Waals surface area contributed by atoms with Crippen LogP contribution in [-0.4, -0.2) is 11.9 Å². The second-order valence-electron chi connectivity index (χ2n) is 5.26. The molecule has 0 saturated heterocycles. The monoisotopic (exact) mass is 294 g/mol. The average molecular weight is 295 g/mol. The molecule has 1 N–H and O–H groups in total. The highest BCUT2D eigenvalue weighted by Crippen LogP contribution is 2.31. The summed E-state index contributed by atoms with van der Waals surface area (Å²) in [5.74, 6) is -2.60. The third-order valence-electron chi connectivity index (χ3n) is 3.86. The van der Waals surface area contributed by atoms with Crippen LogP contribution in [0.1, 0.15) is 31.2 Å². The highest BCUT2D eigenvalue weighted by molar-refractivity contribution is 6.31. The van der Waals surface area contributed by atoms with Gasteiger partial charge >= 0.3 is 0 Å². The molecule has 0 heterocycles. The molecule has 1 aromatic carbocycles. The average Bonchev–Trinajstić information content (AvgIpc) is 2.42. The Morgan fingerprint density at radius 1 is 1.25 bits per heavy atom. The number of hydrogen-bond acceptors (Lipinski definition) is 3. The van der Waals surface area contributed by atoms with Crippen molar-refractivity contribution in [1.29, 1.82) is 0 Å². The van der Waals surface area contributed by atoms with Gasteiger partial charge in [0.1, 0.15) is 0 Å². The van der Waals surface area contributed by atoms with Crippen molar-refractivity contribution in [2.24, 2.45) is 11.8 Å². The molecule has 0 aromatic heterocycles. The Labute approximate surface area is 123 Å². The van der Waals surface area contributed by atoms with Crippen LogP contribution in [0.2, 0.25) is 5.02 Å². The van der Waals surface area contributed by atoms with Crippen molar-refractivity contribution in [2.45, 2.75) is 32.6 Å². The van der Waals surface area contributed by atoms with E-state index < -0.39 is 17.8 Å². The Hall–Kier alpha value is -1.55. The lowest BCUT2D eigenvalue weighted by Gasteiger charge is -2.31. The lowest BCUT2D eigenvalue weighted by atomic mass is 9.78. The van der Waals surface area contributed by atoms with Gasteiger partial charge in [-0.25, -0.2) is 0 Å². The van der Waals surface area contributed by atoms with Crippen molar-refractivity contribution in [1.82, 2.24) is 0 Å². The molecule has 4 nitrogen and oxygen atoms in total. The number of hydrogen-bond donors (Lipinski definition) is 1. The van der Waals surface area contributed by atoms with Gasteiger partial charge in [-0.3, -0.25) is 4.79 Å². The summed E-state index contributed by atoms with van der Waals surface area (Å²) >= 11 is 5.91. The third-order valence-corrected chi connectivity index (χ3v) is 4.10. The molecule has 1 saturated carbocycles. The predicted molar refractivity (Wildman–Crippen MR) is 75.3 cm³/mol. The molecule has 108 valence electrons. The molecule has 0 aliphatic heterocycles. The van der Waals surface area contributed by atoms with Gasteiger partial charge in [-0.2, -0.15) is 0 Å². The van der Waals surface area contributed by atoms with Crippen LogP contribution >= 0.6 is 11.6 Å². The first kappa shape index (κ1) is 14.9. The number of amides is 1. The van der Waals surface area contributed by atoms with E-state index >= 15 is 0 Å². The normalized spacial score (nSPS) is 22.3. The van der Waals surface area contributed by atoms with E-state index in [9.17, 15) is 14.7 Å². The van der Waals surface area contributed by atoms with Crippen LogP contribution in [0.4, 0.5) is 5.69 Å². The topological polar surface area (TPSA) is 69.2 Å². The molecular weight excluding hydrogens is 278 g/mol. The highest BCUT2D eigenvalue weighted by Gasteiger charge is 2.31. The van der Waals surface area contributed by atoms with Crippen LogP contribution in [0.3, 0.4) is 0 Å². The molecule has 0 radical (unpaired) electrons. The number of aryl methyl sites for hydroxylation is 1. The number of carbonyl (C=O) groups is 2. The van der Waals surface area contributed by atoms with Gasteiger partial charge in [-0.05, 0) is 37.5 Å². The van der Waals surface area contributed by atoms with Gasteiger partial charge in [0.2, 0.25) is 5.91 Å². The minimum atomic E-state index is -1.13. The minimum Gasteiger partial charge on any atom is -0.550 e. The second-order valence-corrected chi connectivity index (χ2v) is 5.70. The van der Waals surface area contributed by atoms with Crippen molar-refractivity contribution >= 4 is 29.2 Å². The van der Waals surface area contributed by atoms with Crippen LogP contribution in [0.25, 0.3) is 0 Å². The SMILES string of the molecule is Cc1ccc(Cl)cc1NC(=O)[C@@H]1CCCC[C@H]1C(=O)[O-]. The van der Waals surface area contributed by atoms with Crippen LogP contribution < -0.4 is 10.4 Å². The first-order valence-electron chi connectivity index (χ1n) is 6.77. The standard InChI is InChI=1S/C15H18ClNO3/c1-9-6-7-10(16)8-13(9)17-14(18)11-4-2-3-5-12(11)15(19)20/h6-8,11-12H,2-5H2,1H3,(H,17,18)(H,19,20)/p-1/t11-,12-/m1/s1. The van der Waals surface area contributed by atoms with E-state index in [1.807, 2.05) is 13.0 Å². The molecule has 0 unspecified atom stereocenters. The van der Waals surface area contributed by atoms with Crippen molar-refractivity contribution < 1.29 is 14.7 Å². The summed E-state index contributed by atoms with van der Waals surface area (Å²) < 4.78 is 0. The first-order valence-corrected chi connectivity index (χ1v) is 7.14. The molecule has 1 aromatic rings. The number of carbonyl (C=O) groups excluding carboxylic acids is 2.